The molecule has 1 amide bonds. The van der Waals surface area contributed by atoms with Gasteiger partial charge in [0.15, 0.2) is 6.61 Å². The van der Waals surface area contributed by atoms with Gasteiger partial charge in [0.05, 0.1) is 15.4 Å². The zero-order valence-electron chi connectivity index (χ0n) is 19.1. The van der Waals surface area contributed by atoms with E-state index in [-0.39, 0.29) is 22.1 Å². The van der Waals surface area contributed by atoms with Gasteiger partial charge >= 0.3 is 5.97 Å². The number of ether oxygens (including phenoxy) is 1. The minimum absolute atomic E-state index is 0.0134. The summed E-state index contributed by atoms with van der Waals surface area (Å²) in [7, 11) is -0.928. The molecule has 182 valence electrons. The zero-order valence-corrected chi connectivity index (χ0v) is 19.9. The first-order chi connectivity index (χ1) is 16.0. The molecule has 0 N–H and O–H groups in total. The highest BCUT2D eigenvalue weighted by atomic mass is 32.2. The van der Waals surface area contributed by atoms with Gasteiger partial charge in [0.1, 0.15) is 0 Å². The fraction of sp³-hybridized carbons (Fsp3) is 0.364. The lowest BCUT2D eigenvalue weighted by molar-refractivity contribution is -0.384. The molecule has 2 aromatic rings. The lowest BCUT2D eigenvalue weighted by Crippen LogP contribution is -2.49. The van der Waals surface area contributed by atoms with Crippen LogP contribution in [0.3, 0.4) is 0 Å². The van der Waals surface area contributed by atoms with Gasteiger partial charge in [0.25, 0.3) is 11.6 Å². The molecule has 1 saturated heterocycles. The van der Waals surface area contributed by atoms with Crippen LogP contribution in [0.5, 0.6) is 0 Å². The van der Waals surface area contributed by atoms with Gasteiger partial charge in [-0.3, -0.25) is 14.9 Å². The van der Waals surface area contributed by atoms with Gasteiger partial charge in [-0.15, -0.1) is 0 Å². The van der Waals surface area contributed by atoms with E-state index in [0.29, 0.717) is 31.7 Å². The van der Waals surface area contributed by atoms with Crippen LogP contribution in [0, 0.1) is 17.0 Å². The molecule has 1 fully saturated rings. The first-order valence-electron chi connectivity index (χ1n) is 10.5. The summed E-state index contributed by atoms with van der Waals surface area (Å²) >= 11 is 0. The molecule has 0 aromatic heterocycles. The van der Waals surface area contributed by atoms with Crippen molar-refractivity contribution in [2.45, 2.75) is 11.8 Å². The molecular weight excluding hydrogens is 464 g/mol. The molecule has 3 rings (SSSR count). The Kier molecular flexibility index (Phi) is 7.52. The maximum Gasteiger partial charge on any atom is 0.338 e. The summed E-state index contributed by atoms with van der Waals surface area (Å²) in [5.41, 5.74) is 1.46. The molecule has 0 atom stereocenters. The molecule has 12 heteroatoms. The normalized spacial score (nSPS) is 14.2. The number of piperazine rings is 1. The van der Waals surface area contributed by atoms with Gasteiger partial charge in [0, 0.05) is 58.1 Å². The Bertz CT molecular complexity index is 1190. The minimum Gasteiger partial charge on any atom is -0.452 e. The number of nitro groups is 1. The molecule has 1 aliphatic rings. The fourth-order valence-electron chi connectivity index (χ4n) is 3.49. The van der Waals surface area contributed by atoms with Crippen LogP contribution in [0.2, 0.25) is 0 Å². The molecule has 0 bridgehead atoms. The molecule has 2 aromatic carbocycles. The Morgan fingerprint density at radius 3 is 2.24 bits per heavy atom. The number of carbonyl (C=O) groups is 2. The SMILES string of the molecule is Cc1ccc(S(=O)(=O)N(C)C)cc1C(=O)OCC(=O)N1CCN(c2ccc([N+](=O)[O-])cc2)CC1. The number of hydrogen-bond acceptors (Lipinski definition) is 8. The smallest absolute Gasteiger partial charge is 0.338 e. The average molecular weight is 491 g/mol. The number of nitrogens with zero attached hydrogens (tertiary/aromatic N) is 4. The van der Waals surface area contributed by atoms with Crippen molar-refractivity contribution in [3.8, 4) is 0 Å². The second-order valence-corrected chi connectivity index (χ2v) is 10.1. The van der Waals surface area contributed by atoms with Gasteiger partial charge in [-0.2, -0.15) is 0 Å². The van der Waals surface area contributed by atoms with Gasteiger partial charge in [-0.1, -0.05) is 6.07 Å². The summed E-state index contributed by atoms with van der Waals surface area (Å²) in [6.07, 6.45) is 0. The molecule has 1 aliphatic heterocycles. The fourth-order valence-corrected chi connectivity index (χ4v) is 4.42. The minimum atomic E-state index is -3.72. The Hall–Kier alpha value is -3.51. The van der Waals surface area contributed by atoms with E-state index in [1.165, 1.54) is 44.4 Å². The first kappa shape index (κ1) is 25.1. The quantitative estimate of drug-likeness (QED) is 0.325. The average Bonchev–Trinajstić information content (AvgIpc) is 2.82. The lowest BCUT2D eigenvalue weighted by Gasteiger charge is -2.36. The summed E-state index contributed by atoms with van der Waals surface area (Å²) in [6.45, 7) is 3.07. The van der Waals surface area contributed by atoms with E-state index >= 15 is 0 Å². The Balaban J connectivity index is 1.56. The monoisotopic (exact) mass is 490 g/mol. The maximum absolute atomic E-state index is 12.6. The van der Waals surface area contributed by atoms with Crippen molar-refractivity contribution in [2.24, 2.45) is 0 Å². The highest BCUT2D eigenvalue weighted by Crippen LogP contribution is 2.21. The van der Waals surface area contributed by atoms with Crippen molar-refractivity contribution in [3.63, 3.8) is 0 Å². The first-order valence-corrected chi connectivity index (χ1v) is 11.9. The predicted octanol–water partition coefficient (Wildman–Crippen LogP) is 1.66. The molecule has 1 heterocycles. The number of nitro benzene ring substituents is 1. The Morgan fingerprint density at radius 2 is 1.68 bits per heavy atom. The number of hydrogen-bond donors (Lipinski definition) is 0. The van der Waals surface area contributed by atoms with E-state index in [1.807, 2.05) is 4.90 Å². The number of benzene rings is 2. The van der Waals surface area contributed by atoms with Crippen LogP contribution in [0.15, 0.2) is 47.4 Å². The molecule has 11 nitrogen and oxygen atoms in total. The van der Waals surface area contributed by atoms with Crippen LogP contribution in [-0.2, 0) is 19.6 Å². The van der Waals surface area contributed by atoms with E-state index in [1.54, 1.807) is 24.0 Å². The van der Waals surface area contributed by atoms with Crippen molar-refractivity contribution in [2.75, 3.05) is 51.8 Å². The topological polar surface area (TPSA) is 130 Å². The third-order valence-corrected chi connectivity index (χ3v) is 7.40. The molecule has 0 unspecified atom stereocenters. The maximum atomic E-state index is 12.6. The Labute approximate surface area is 197 Å². The van der Waals surface area contributed by atoms with Crippen LogP contribution >= 0.6 is 0 Å². The number of sulfonamides is 1. The van der Waals surface area contributed by atoms with Crippen molar-refractivity contribution in [1.82, 2.24) is 9.21 Å². The summed E-state index contributed by atoms with van der Waals surface area (Å²) in [5, 5.41) is 10.8. The molecule has 0 radical (unpaired) electrons. The second-order valence-electron chi connectivity index (χ2n) is 7.98. The largest absolute Gasteiger partial charge is 0.452 e. The third kappa shape index (κ3) is 5.51. The van der Waals surface area contributed by atoms with E-state index in [9.17, 15) is 28.1 Å². The van der Waals surface area contributed by atoms with Crippen molar-refractivity contribution in [1.29, 1.82) is 0 Å². The number of amides is 1. The number of esters is 1. The zero-order chi connectivity index (χ0) is 25.0. The van der Waals surface area contributed by atoms with E-state index in [4.69, 9.17) is 4.74 Å². The van der Waals surface area contributed by atoms with Gasteiger partial charge in [0.2, 0.25) is 10.0 Å². The number of anilines is 1. The van der Waals surface area contributed by atoms with Gasteiger partial charge in [-0.05, 0) is 36.8 Å². The predicted molar refractivity (Wildman–Crippen MR) is 124 cm³/mol. The van der Waals surface area contributed by atoms with Crippen molar-refractivity contribution < 1.29 is 27.7 Å². The number of non-ortho nitro benzene ring substituents is 1. The van der Waals surface area contributed by atoms with Gasteiger partial charge < -0.3 is 14.5 Å². The van der Waals surface area contributed by atoms with Crippen LogP contribution in [0.25, 0.3) is 0 Å². The standard InChI is InChI=1S/C22H26N4O7S/c1-16-4-9-19(34(31,32)23(2)3)14-20(16)22(28)33-15-21(27)25-12-10-24(11-13-25)17-5-7-18(8-6-17)26(29)30/h4-9,14H,10-13,15H2,1-3H3. The van der Waals surface area contributed by atoms with Crippen LogP contribution in [-0.4, -0.2) is 81.3 Å². The van der Waals surface area contributed by atoms with E-state index in [2.05, 4.69) is 0 Å². The summed E-state index contributed by atoms with van der Waals surface area (Å²) in [6, 6.07) is 10.4. The van der Waals surface area contributed by atoms with Crippen molar-refractivity contribution in [3.05, 3.63) is 63.7 Å². The van der Waals surface area contributed by atoms with Crippen LogP contribution in [0.4, 0.5) is 11.4 Å². The molecule has 0 aliphatic carbocycles. The van der Waals surface area contributed by atoms with Crippen LogP contribution in [0.1, 0.15) is 15.9 Å². The van der Waals surface area contributed by atoms with E-state index in [0.717, 1.165) is 9.99 Å². The van der Waals surface area contributed by atoms with Gasteiger partial charge in [-0.25, -0.2) is 17.5 Å². The number of carbonyl (C=O) groups excluding carboxylic acids is 2. The highest BCUT2D eigenvalue weighted by molar-refractivity contribution is 7.89. The molecule has 0 saturated carbocycles. The third-order valence-electron chi connectivity index (χ3n) is 5.59. The Morgan fingerprint density at radius 1 is 1.06 bits per heavy atom. The van der Waals surface area contributed by atoms with Crippen molar-refractivity contribution >= 4 is 33.3 Å². The molecular formula is C22H26N4O7S. The highest BCUT2D eigenvalue weighted by Gasteiger charge is 2.24. The lowest BCUT2D eigenvalue weighted by atomic mass is 10.1. The second kappa shape index (κ2) is 10.2. The number of aryl methyl sites for hydroxylation is 1. The summed E-state index contributed by atoms with van der Waals surface area (Å²) < 4.78 is 30.9. The molecule has 0 spiro atoms. The molecule has 34 heavy (non-hydrogen) atoms. The van der Waals surface area contributed by atoms with Crippen LogP contribution < -0.4 is 4.90 Å². The summed E-state index contributed by atoms with van der Waals surface area (Å²) in [4.78, 5) is 39.0. The summed E-state index contributed by atoms with van der Waals surface area (Å²) in [5.74, 6) is -1.13. The number of rotatable bonds is 7. The van der Waals surface area contributed by atoms with E-state index < -0.39 is 27.5 Å².